The van der Waals surface area contributed by atoms with Gasteiger partial charge in [0.05, 0.1) is 18.3 Å². The van der Waals surface area contributed by atoms with Gasteiger partial charge in [-0.1, -0.05) is 25.5 Å². The van der Waals surface area contributed by atoms with E-state index in [1.807, 2.05) is 6.92 Å². The normalized spacial score (nSPS) is 43.5. The highest BCUT2D eigenvalue weighted by Crippen LogP contribution is 2.44. The molecule has 0 aromatic rings. The molecule has 2 nitrogen and oxygen atoms in total. The maximum Gasteiger partial charge on any atom is 0.0809 e. The van der Waals surface area contributed by atoms with E-state index in [1.54, 1.807) is 0 Å². The highest BCUT2D eigenvalue weighted by atomic mass is 16.5. The van der Waals surface area contributed by atoms with Crippen molar-refractivity contribution in [1.29, 1.82) is 5.26 Å². The average molecular weight is 177 g/mol. The largest absolute Gasteiger partial charge is 0.366 e. The Morgan fingerprint density at radius 3 is 2.77 bits per heavy atom. The molecule has 1 fully saturated rings. The number of nitriles is 1. The number of hydrogen-bond acceptors (Lipinski definition) is 2. The second-order valence-electron chi connectivity index (χ2n) is 4.02. The number of hydrogen-bond donors (Lipinski definition) is 0. The van der Waals surface area contributed by atoms with Gasteiger partial charge in [0.2, 0.25) is 0 Å². The number of fused-ring (bicyclic) bond motifs is 2. The zero-order valence-electron chi connectivity index (χ0n) is 8.10. The van der Waals surface area contributed by atoms with Gasteiger partial charge in [0.15, 0.2) is 0 Å². The Morgan fingerprint density at radius 1 is 1.46 bits per heavy atom. The first-order chi connectivity index (χ1) is 6.27. The molecule has 0 N–H and O–H groups in total. The van der Waals surface area contributed by atoms with Crippen molar-refractivity contribution in [3.05, 3.63) is 12.2 Å². The molecule has 0 radical (unpaired) electrons. The number of nitrogens with zero attached hydrogens (tertiary/aromatic N) is 1. The van der Waals surface area contributed by atoms with Gasteiger partial charge in [0.1, 0.15) is 0 Å². The van der Waals surface area contributed by atoms with E-state index in [-0.39, 0.29) is 18.1 Å². The standard InChI is InChI=1S/C11H15NO/c1-3-8-9-4-5-10(13-9)11(8)7(2)6-12/h4-5,7-11H,3H2,1-2H3. The molecule has 70 valence electrons. The average Bonchev–Trinajstić information content (AvgIpc) is 2.74. The predicted molar refractivity (Wildman–Crippen MR) is 49.8 cm³/mol. The van der Waals surface area contributed by atoms with E-state index in [9.17, 15) is 0 Å². The number of rotatable bonds is 2. The summed E-state index contributed by atoms with van der Waals surface area (Å²) in [6.07, 6.45) is 5.89. The summed E-state index contributed by atoms with van der Waals surface area (Å²) in [7, 11) is 0. The second-order valence-corrected chi connectivity index (χ2v) is 4.02. The van der Waals surface area contributed by atoms with E-state index in [4.69, 9.17) is 10.00 Å². The molecule has 13 heavy (non-hydrogen) atoms. The summed E-state index contributed by atoms with van der Waals surface area (Å²) < 4.78 is 5.75. The lowest BCUT2D eigenvalue weighted by Gasteiger charge is -2.25. The molecule has 0 aromatic heterocycles. The molecule has 0 aliphatic carbocycles. The molecule has 5 unspecified atom stereocenters. The molecule has 2 rings (SSSR count). The van der Waals surface area contributed by atoms with Crippen molar-refractivity contribution in [2.75, 3.05) is 0 Å². The summed E-state index contributed by atoms with van der Waals surface area (Å²) in [5, 5.41) is 8.91. The highest BCUT2D eigenvalue weighted by Gasteiger charge is 2.46. The van der Waals surface area contributed by atoms with E-state index in [0.29, 0.717) is 11.8 Å². The first-order valence-corrected chi connectivity index (χ1v) is 5.01. The minimum atomic E-state index is 0.116. The van der Waals surface area contributed by atoms with Crippen molar-refractivity contribution in [1.82, 2.24) is 0 Å². The van der Waals surface area contributed by atoms with Crippen molar-refractivity contribution < 1.29 is 4.74 Å². The monoisotopic (exact) mass is 177 g/mol. The van der Waals surface area contributed by atoms with Crippen LogP contribution in [0, 0.1) is 29.1 Å². The van der Waals surface area contributed by atoms with Gasteiger partial charge < -0.3 is 4.74 Å². The van der Waals surface area contributed by atoms with Crippen LogP contribution in [0.4, 0.5) is 0 Å². The van der Waals surface area contributed by atoms with Crippen LogP contribution in [-0.2, 0) is 4.74 Å². The highest BCUT2D eigenvalue weighted by molar-refractivity contribution is 5.16. The van der Waals surface area contributed by atoms with Crippen molar-refractivity contribution in [3.8, 4) is 6.07 Å². The predicted octanol–water partition coefficient (Wildman–Crippen LogP) is 2.13. The third-order valence-corrected chi connectivity index (χ3v) is 3.35. The van der Waals surface area contributed by atoms with Gasteiger partial charge in [-0.25, -0.2) is 0 Å². The molecule has 2 aliphatic rings. The van der Waals surface area contributed by atoms with E-state index in [1.165, 1.54) is 0 Å². The SMILES string of the molecule is CCC1C2C=CC(O2)C1C(C)C#N. The lowest BCUT2D eigenvalue weighted by Crippen LogP contribution is -2.28. The fraction of sp³-hybridized carbons (Fsp3) is 0.727. The Hall–Kier alpha value is -0.810. The van der Waals surface area contributed by atoms with E-state index < -0.39 is 0 Å². The van der Waals surface area contributed by atoms with Crippen LogP contribution in [-0.4, -0.2) is 12.2 Å². The van der Waals surface area contributed by atoms with Crippen LogP contribution in [0.1, 0.15) is 20.3 Å². The maximum atomic E-state index is 8.91. The summed E-state index contributed by atoms with van der Waals surface area (Å²) in [6, 6.07) is 2.34. The minimum absolute atomic E-state index is 0.116. The van der Waals surface area contributed by atoms with Gasteiger partial charge in [0.25, 0.3) is 0 Å². The van der Waals surface area contributed by atoms with Crippen LogP contribution in [0.3, 0.4) is 0 Å². The van der Waals surface area contributed by atoms with Crippen molar-refractivity contribution >= 4 is 0 Å². The van der Waals surface area contributed by atoms with Gasteiger partial charge in [-0.3, -0.25) is 0 Å². The zero-order chi connectivity index (χ0) is 9.42. The molecule has 1 saturated heterocycles. The molecule has 2 heteroatoms. The molecule has 0 aromatic carbocycles. The van der Waals surface area contributed by atoms with E-state index in [2.05, 4.69) is 25.1 Å². The number of ether oxygens (including phenoxy) is 1. The van der Waals surface area contributed by atoms with Crippen LogP contribution in [0.5, 0.6) is 0 Å². The molecule has 2 heterocycles. The topological polar surface area (TPSA) is 33.0 Å². The molecular formula is C11H15NO. The van der Waals surface area contributed by atoms with Crippen LogP contribution >= 0.6 is 0 Å². The molecule has 0 amide bonds. The Morgan fingerprint density at radius 2 is 2.15 bits per heavy atom. The fourth-order valence-electron chi connectivity index (χ4n) is 2.66. The van der Waals surface area contributed by atoms with Gasteiger partial charge in [0, 0.05) is 11.8 Å². The van der Waals surface area contributed by atoms with Gasteiger partial charge >= 0.3 is 0 Å². The maximum absolute atomic E-state index is 8.91. The molecular weight excluding hydrogens is 162 g/mol. The molecule has 2 bridgehead atoms. The smallest absolute Gasteiger partial charge is 0.0809 e. The Balaban J connectivity index is 2.19. The Labute approximate surface area is 79.2 Å². The van der Waals surface area contributed by atoms with Crippen molar-refractivity contribution in [2.24, 2.45) is 17.8 Å². The van der Waals surface area contributed by atoms with Crippen LogP contribution < -0.4 is 0 Å². The fourth-order valence-corrected chi connectivity index (χ4v) is 2.66. The molecule has 5 atom stereocenters. The quantitative estimate of drug-likeness (QED) is 0.605. The summed E-state index contributed by atoms with van der Waals surface area (Å²) in [5.41, 5.74) is 0. The Kier molecular flexibility index (Phi) is 2.13. The summed E-state index contributed by atoms with van der Waals surface area (Å²) in [5.74, 6) is 1.10. The molecule has 0 spiro atoms. The third kappa shape index (κ3) is 1.19. The molecule has 0 saturated carbocycles. The van der Waals surface area contributed by atoms with E-state index in [0.717, 1.165) is 6.42 Å². The van der Waals surface area contributed by atoms with Crippen LogP contribution in [0.25, 0.3) is 0 Å². The molecule has 2 aliphatic heterocycles. The first-order valence-electron chi connectivity index (χ1n) is 5.01. The summed E-state index contributed by atoms with van der Waals surface area (Å²) in [4.78, 5) is 0. The van der Waals surface area contributed by atoms with Gasteiger partial charge in [-0.05, 0) is 12.8 Å². The first kappa shape index (κ1) is 8.77. The zero-order valence-corrected chi connectivity index (χ0v) is 8.10. The van der Waals surface area contributed by atoms with Crippen LogP contribution in [0.15, 0.2) is 12.2 Å². The third-order valence-electron chi connectivity index (χ3n) is 3.35. The lowest BCUT2D eigenvalue weighted by molar-refractivity contribution is 0.0997. The van der Waals surface area contributed by atoms with Gasteiger partial charge in [-0.15, -0.1) is 0 Å². The second kappa shape index (κ2) is 3.16. The summed E-state index contributed by atoms with van der Waals surface area (Å²) in [6.45, 7) is 4.19. The van der Waals surface area contributed by atoms with Crippen molar-refractivity contribution in [3.63, 3.8) is 0 Å². The van der Waals surface area contributed by atoms with E-state index >= 15 is 0 Å². The van der Waals surface area contributed by atoms with Crippen LogP contribution in [0.2, 0.25) is 0 Å². The lowest BCUT2D eigenvalue weighted by atomic mass is 9.75. The van der Waals surface area contributed by atoms with Gasteiger partial charge in [-0.2, -0.15) is 5.26 Å². The van der Waals surface area contributed by atoms with Crippen molar-refractivity contribution in [2.45, 2.75) is 32.5 Å². The minimum Gasteiger partial charge on any atom is -0.366 e. The Bertz CT molecular complexity index is 266. The summed E-state index contributed by atoms with van der Waals surface area (Å²) >= 11 is 0.